The molecule has 90 valence electrons. The van der Waals surface area contributed by atoms with Crippen LogP contribution >= 0.6 is 0 Å². The molecule has 2 atom stereocenters. The largest absolute Gasteiger partial charge is 0.493 e. The van der Waals surface area contributed by atoms with Gasteiger partial charge in [-0.3, -0.25) is 0 Å². The predicted molar refractivity (Wildman–Crippen MR) is 61.3 cm³/mol. The minimum absolute atomic E-state index is 0.148. The molecular weight excluding hydrogens is 218 g/mol. The van der Waals surface area contributed by atoms with Crippen molar-refractivity contribution < 1.29 is 14.6 Å². The van der Waals surface area contributed by atoms with E-state index in [1.54, 1.807) is 7.11 Å². The van der Waals surface area contributed by atoms with E-state index in [4.69, 9.17) is 14.7 Å². The molecule has 0 amide bonds. The van der Waals surface area contributed by atoms with E-state index in [1.165, 1.54) is 0 Å². The van der Waals surface area contributed by atoms with Crippen LogP contribution in [0.2, 0.25) is 0 Å². The average molecular weight is 233 g/mol. The van der Waals surface area contributed by atoms with Gasteiger partial charge in [-0.25, -0.2) is 0 Å². The number of hydrogen-bond donors (Lipinski definition) is 1. The first kappa shape index (κ1) is 11.9. The van der Waals surface area contributed by atoms with Gasteiger partial charge in [0.15, 0.2) is 0 Å². The number of rotatable bonds is 3. The lowest BCUT2D eigenvalue weighted by Crippen LogP contribution is -2.25. The monoisotopic (exact) mass is 233 g/mol. The number of benzene rings is 1. The van der Waals surface area contributed by atoms with E-state index in [2.05, 4.69) is 6.07 Å². The van der Waals surface area contributed by atoms with Crippen molar-refractivity contribution in [3.63, 3.8) is 0 Å². The number of nitriles is 1. The van der Waals surface area contributed by atoms with Crippen LogP contribution < -0.4 is 4.74 Å². The van der Waals surface area contributed by atoms with Crippen molar-refractivity contribution in [2.45, 2.75) is 19.1 Å². The van der Waals surface area contributed by atoms with Crippen molar-refractivity contribution in [2.24, 2.45) is 5.92 Å². The summed E-state index contributed by atoms with van der Waals surface area (Å²) in [5.41, 5.74) is 1.75. The molecule has 0 unspecified atom stereocenters. The molecule has 0 spiro atoms. The molecule has 1 heterocycles. The first-order valence-electron chi connectivity index (χ1n) is 5.56. The van der Waals surface area contributed by atoms with Gasteiger partial charge in [-0.05, 0) is 17.7 Å². The quantitative estimate of drug-likeness (QED) is 0.864. The average Bonchev–Trinajstić information content (AvgIpc) is 2.34. The maximum atomic E-state index is 10.2. The van der Waals surface area contributed by atoms with E-state index in [0.29, 0.717) is 25.4 Å². The molecule has 0 saturated carbocycles. The van der Waals surface area contributed by atoms with E-state index in [9.17, 15) is 5.11 Å². The Labute approximate surface area is 100 Å². The van der Waals surface area contributed by atoms with E-state index < -0.39 is 6.10 Å². The van der Waals surface area contributed by atoms with Gasteiger partial charge in [-0.15, -0.1) is 0 Å². The Kier molecular flexibility index (Phi) is 3.62. The molecule has 0 fully saturated rings. The SMILES string of the molecule is COCc1ccc2c(c1)[C@@H](O)[C@@H](CC#N)CO2. The lowest BCUT2D eigenvalue weighted by molar-refractivity contribution is 0.0527. The second kappa shape index (κ2) is 5.17. The lowest BCUT2D eigenvalue weighted by atomic mass is 9.90. The summed E-state index contributed by atoms with van der Waals surface area (Å²) in [6.45, 7) is 0.897. The summed E-state index contributed by atoms with van der Waals surface area (Å²) in [7, 11) is 1.63. The minimum atomic E-state index is -0.629. The van der Waals surface area contributed by atoms with Crippen LogP contribution in [0.3, 0.4) is 0 Å². The van der Waals surface area contributed by atoms with Crippen LogP contribution in [0.25, 0.3) is 0 Å². The first-order chi connectivity index (χ1) is 8.26. The van der Waals surface area contributed by atoms with Gasteiger partial charge >= 0.3 is 0 Å². The number of hydrogen-bond acceptors (Lipinski definition) is 4. The highest BCUT2D eigenvalue weighted by atomic mass is 16.5. The molecule has 17 heavy (non-hydrogen) atoms. The van der Waals surface area contributed by atoms with Gasteiger partial charge in [-0.1, -0.05) is 6.07 Å². The highest BCUT2D eigenvalue weighted by Crippen LogP contribution is 2.37. The highest BCUT2D eigenvalue weighted by molar-refractivity contribution is 5.40. The lowest BCUT2D eigenvalue weighted by Gasteiger charge is -2.29. The summed E-state index contributed by atoms with van der Waals surface area (Å²) >= 11 is 0. The molecule has 0 bridgehead atoms. The zero-order valence-corrected chi connectivity index (χ0v) is 9.72. The minimum Gasteiger partial charge on any atom is -0.493 e. The predicted octanol–water partition coefficient (Wildman–Crippen LogP) is 1.79. The van der Waals surface area contributed by atoms with Crippen molar-refractivity contribution >= 4 is 0 Å². The van der Waals surface area contributed by atoms with Crippen LogP contribution in [-0.2, 0) is 11.3 Å². The van der Waals surface area contributed by atoms with Gasteiger partial charge in [0.1, 0.15) is 5.75 Å². The van der Waals surface area contributed by atoms with Gasteiger partial charge in [0.2, 0.25) is 0 Å². The van der Waals surface area contributed by atoms with Crippen LogP contribution in [0.4, 0.5) is 0 Å². The van der Waals surface area contributed by atoms with Crippen LogP contribution in [0.1, 0.15) is 23.7 Å². The standard InChI is InChI=1S/C13H15NO3/c1-16-7-9-2-3-12-11(6-9)13(15)10(4-5-14)8-17-12/h2-3,6,10,13,15H,4,7-8H2,1H3/t10-,13-/m0/s1. The van der Waals surface area contributed by atoms with E-state index in [-0.39, 0.29) is 5.92 Å². The summed E-state index contributed by atoms with van der Waals surface area (Å²) in [5.74, 6) is 0.553. The van der Waals surface area contributed by atoms with Crippen LogP contribution in [0.5, 0.6) is 5.75 Å². The van der Waals surface area contributed by atoms with Gasteiger partial charge < -0.3 is 14.6 Å². The fraction of sp³-hybridized carbons (Fsp3) is 0.462. The summed E-state index contributed by atoms with van der Waals surface area (Å²) in [6, 6.07) is 7.71. The second-order valence-corrected chi connectivity index (χ2v) is 4.18. The summed E-state index contributed by atoms with van der Waals surface area (Å²) in [6.07, 6.45) is -0.329. The number of ether oxygens (including phenoxy) is 2. The summed E-state index contributed by atoms with van der Waals surface area (Å²) in [4.78, 5) is 0. The Hall–Kier alpha value is -1.57. The Balaban J connectivity index is 2.26. The smallest absolute Gasteiger partial charge is 0.125 e. The van der Waals surface area contributed by atoms with Crippen molar-refractivity contribution in [1.29, 1.82) is 5.26 Å². The third kappa shape index (κ3) is 2.41. The molecule has 2 rings (SSSR count). The number of aliphatic hydroxyl groups excluding tert-OH is 1. The number of methoxy groups -OCH3 is 1. The fourth-order valence-electron chi connectivity index (χ4n) is 2.05. The molecule has 0 radical (unpaired) electrons. The molecule has 4 nitrogen and oxygen atoms in total. The van der Waals surface area contributed by atoms with Gasteiger partial charge in [-0.2, -0.15) is 5.26 Å². The molecule has 1 aromatic rings. The molecule has 4 heteroatoms. The Morgan fingerprint density at radius 2 is 2.41 bits per heavy atom. The Bertz CT molecular complexity index is 439. The number of fused-ring (bicyclic) bond motifs is 1. The topological polar surface area (TPSA) is 62.5 Å². The molecule has 1 aliphatic heterocycles. The molecule has 1 aliphatic rings. The normalized spacial score (nSPS) is 22.4. The zero-order chi connectivity index (χ0) is 12.3. The molecule has 1 N–H and O–H groups in total. The summed E-state index contributed by atoms with van der Waals surface area (Å²) in [5, 5.41) is 18.9. The molecule has 0 saturated heterocycles. The third-order valence-electron chi connectivity index (χ3n) is 2.96. The van der Waals surface area contributed by atoms with Gasteiger partial charge in [0, 0.05) is 25.0 Å². The first-order valence-corrected chi connectivity index (χ1v) is 5.56. The molecule has 0 aliphatic carbocycles. The van der Waals surface area contributed by atoms with E-state index in [1.807, 2.05) is 18.2 Å². The van der Waals surface area contributed by atoms with Crippen molar-refractivity contribution in [2.75, 3.05) is 13.7 Å². The van der Waals surface area contributed by atoms with Crippen molar-refractivity contribution in [3.05, 3.63) is 29.3 Å². The highest BCUT2D eigenvalue weighted by Gasteiger charge is 2.29. The second-order valence-electron chi connectivity index (χ2n) is 4.18. The van der Waals surface area contributed by atoms with Crippen LogP contribution in [0.15, 0.2) is 18.2 Å². The van der Waals surface area contributed by atoms with Crippen LogP contribution in [0, 0.1) is 17.2 Å². The number of aliphatic hydroxyl groups is 1. The zero-order valence-electron chi connectivity index (χ0n) is 9.72. The van der Waals surface area contributed by atoms with Crippen molar-refractivity contribution in [1.82, 2.24) is 0 Å². The van der Waals surface area contributed by atoms with E-state index in [0.717, 1.165) is 11.1 Å². The molecule has 1 aromatic carbocycles. The van der Waals surface area contributed by atoms with Crippen LogP contribution in [-0.4, -0.2) is 18.8 Å². The summed E-state index contributed by atoms with van der Waals surface area (Å²) < 4.78 is 10.6. The fourth-order valence-corrected chi connectivity index (χ4v) is 2.05. The van der Waals surface area contributed by atoms with Gasteiger partial charge in [0.05, 0.1) is 25.4 Å². The maximum absolute atomic E-state index is 10.2. The van der Waals surface area contributed by atoms with Crippen molar-refractivity contribution in [3.8, 4) is 11.8 Å². The third-order valence-corrected chi connectivity index (χ3v) is 2.96. The Morgan fingerprint density at radius 3 is 3.12 bits per heavy atom. The number of nitrogens with zero attached hydrogens (tertiary/aromatic N) is 1. The Morgan fingerprint density at radius 1 is 1.59 bits per heavy atom. The van der Waals surface area contributed by atoms with E-state index >= 15 is 0 Å². The van der Waals surface area contributed by atoms with Gasteiger partial charge in [0.25, 0.3) is 0 Å². The molecular formula is C13H15NO3. The maximum Gasteiger partial charge on any atom is 0.125 e. The molecule has 0 aromatic heterocycles.